The van der Waals surface area contributed by atoms with Crippen molar-refractivity contribution < 1.29 is 17.9 Å². The summed E-state index contributed by atoms with van der Waals surface area (Å²) < 4.78 is 33.2. The Hall–Kier alpha value is -2.68. The Morgan fingerprint density at radius 1 is 1.03 bits per heavy atom. The molecule has 3 aromatic rings. The number of rotatable bonds is 11. The molecule has 0 radical (unpaired) electrons. The summed E-state index contributed by atoms with van der Waals surface area (Å²) in [5, 5.41) is 3.08. The zero-order valence-corrected chi connectivity index (χ0v) is 22.3. The number of nitrogens with zero attached hydrogens (tertiary/aromatic N) is 1. The number of benzene rings is 3. The van der Waals surface area contributed by atoms with E-state index in [2.05, 4.69) is 30.4 Å². The number of aryl methyl sites for hydroxylation is 2. The van der Waals surface area contributed by atoms with E-state index >= 15 is 0 Å². The first kappa shape index (κ1) is 26.9. The van der Waals surface area contributed by atoms with Gasteiger partial charge in [-0.3, -0.25) is 9.10 Å². The van der Waals surface area contributed by atoms with E-state index < -0.39 is 15.9 Å². The maximum atomic E-state index is 13.5. The number of methoxy groups -OCH3 is 1. The fraction of sp³-hybridized carbons (Fsp3) is 0.269. The number of carbonyl (C=O) groups excluding carboxylic acids is 1. The van der Waals surface area contributed by atoms with Crippen LogP contribution >= 0.6 is 23.4 Å². The molecule has 1 amide bonds. The van der Waals surface area contributed by atoms with Crippen molar-refractivity contribution in [2.24, 2.45) is 0 Å². The number of amides is 1. The molecule has 1 N–H and O–H groups in total. The Morgan fingerprint density at radius 3 is 2.43 bits per heavy atom. The fourth-order valence-corrected chi connectivity index (χ4v) is 5.87. The van der Waals surface area contributed by atoms with Crippen molar-refractivity contribution in [2.45, 2.75) is 24.5 Å². The average molecular weight is 533 g/mol. The van der Waals surface area contributed by atoms with Crippen LogP contribution in [0.1, 0.15) is 16.7 Å². The maximum Gasteiger partial charge on any atom is 0.264 e. The van der Waals surface area contributed by atoms with Crippen molar-refractivity contribution in [1.29, 1.82) is 0 Å². The molecule has 0 aliphatic carbocycles. The Labute approximate surface area is 216 Å². The topological polar surface area (TPSA) is 75.7 Å². The number of hydrogen-bond acceptors (Lipinski definition) is 5. The van der Waals surface area contributed by atoms with Gasteiger partial charge < -0.3 is 10.1 Å². The molecule has 0 unspecified atom stereocenters. The largest absolute Gasteiger partial charge is 0.495 e. The summed E-state index contributed by atoms with van der Waals surface area (Å²) in [6.07, 6.45) is 0. The summed E-state index contributed by atoms with van der Waals surface area (Å²) in [5.74, 6) is 1.57. The second-order valence-corrected chi connectivity index (χ2v) is 11.4. The predicted molar refractivity (Wildman–Crippen MR) is 144 cm³/mol. The van der Waals surface area contributed by atoms with E-state index in [1.165, 1.54) is 36.4 Å². The molecule has 186 valence electrons. The van der Waals surface area contributed by atoms with Gasteiger partial charge in [-0.2, -0.15) is 11.8 Å². The van der Waals surface area contributed by atoms with Crippen molar-refractivity contribution >= 4 is 45.0 Å². The summed E-state index contributed by atoms with van der Waals surface area (Å²) in [4.78, 5) is 12.9. The van der Waals surface area contributed by atoms with Crippen LogP contribution in [0.4, 0.5) is 5.69 Å². The van der Waals surface area contributed by atoms with Gasteiger partial charge in [0.2, 0.25) is 5.91 Å². The monoisotopic (exact) mass is 532 g/mol. The van der Waals surface area contributed by atoms with E-state index in [4.69, 9.17) is 16.3 Å². The highest BCUT2D eigenvalue weighted by atomic mass is 35.5. The van der Waals surface area contributed by atoms with E-state index in [9.17, 15) is 13.2 Å². The predicted octanol–water partition coefficient (Wildman–Crippen LogP) is 5.21. The molecule has 0 saturated carbocycles. The second-order valence-electron chi connectivity index (χ2n) is 8.04. The number of ether oxygens (including phenoxy) is 1. The first-order valence-electron chi connectivity index (χ1n) is 11.0. The van der Waals surface area contributed by atoms with Gasteiger partial charge in [0, 0.05) is 18.1 Å². The van der Waals surface area contributed by atoms with Crippen LogP contribution in [0.15, 0.2) is 71.6 Å². The lowest BCUT2D eigenvalue weighted by Crippen LogP contribution is -2.41. The van der Waals surface area contributed by atoms with Crippen LogP contribution in [0.3, 0.4) is 0 Å². The number of nitrogens with one attached hydrogen (secondary N) is 1. The number of halogens is 1. The van der Waals surface area contributed by atoms with Crippen LogP contribution < -0.4 is 14.4 Å². The highest BCUT2D eigenvalue weighted by Crippen LogP contribution is 2.32. The van der Waals surface area contributed by atoms with Crippen molar-refractivity contribution in [3.63, 3.8) is 0 Å². The number of thioether (sulfide) groups is 1. The summed E-state index contributed by atoms with van der Waals surface area (Å²) in [7, 11) is -2.53. The molecule has 3 rings (SSSR count). The standard InChI is InChI=1S/C26H29ClN2O4S2/c1-19-7-10-23(11-8-19)35(31,32)29(22-9-12-25(33-3)24(27)16-22)17-26(30)28-13-14-34-18-21-6-4-5-20(2)15-21/h4-12,15-16H,13-14,17-18H2,1-3H3,(H,28,30). The van der Waals surface area contributed by atoms with Gasteiger partial charge in [0.05, 0.1) is 22.7 Å². The number of hydrogen-bond donors (Lipinski definition) is 1. The number of carbonyl (C=O) groups is 1. The van der Waals surface area contributed by atoms with E-state index in [0.717, 1.165) is 15.6 Å². The van der Waals surface area contributed by atoms with E-state index in [1.54, 1.807) is 36.0 Å². The summed E-state index contributed by atoms with van der Waals surface area (Å²) in [5.41, 5.74) is 3.65. The third-order valence-corrected chi connectivity index (χ3v) is 8.35. The van der Waals surface area contributed by atoms with Gasteiger partial charge in [-0.25, -0.2) is 8.42 Å². The van der Waals surface area contributed by atoms with Crippen LogP contribution in [-0.4, -0.2) is 40.3 Å². The van der Waals surface area contributed by atoms with Crippen molar-refractivity contribution in [1.82, 2.24) is 5.32 Å². The maximum absolute atomic E-state index is 13.5. The molecular weight excluding hydrogens is 504 g/mol. The number of anilines is 1. The van der Waals surface area contributed by atoms with Gasteiger partial charge in [-0.1, -0.05) is 59.1 Å². The Bertz CT molecular complexity index is 1260. The van der Waals surface area contributed by atoms with Gasteiger partial charge in [0.1, 0.15) is 12.3 Å². The lowest BCUT2D eigenvalue weighted by molar-refractivity contribution is -0.119. The molecule has 0 aliphatic rings. The molecule has 0 heterocycles. The average Bonchev–Trinajstić information content (AvgIpc) is 2.82. The van der Waals surface area contributed by atoms with E-state index in [0.29, 0.717) is 18.0 Å². The Morgan fingerprint density at radius 2 is 1.77 bits per heavy atom. The normalized spacial score (nSPS) is 11.2. The van der Waals surface area contributed by atoms with Gasteiger partial charge in [-0.05, 0) is 49.7 Å². The molecule has 0 atom stereocenters. The van der Waals surface area contributed by atoms with Crippen LogP contribution in [-0.2, 0) is 20.6 Å². The van der Waals surface area contributed by atoms with E-state index in [1.807, 2.05) is 13.0 Å². The van der Waals surface area contributed by atoms with Gasteiger partial charge in [0.25, 0.3) is 10.0 Å². The number of sulfonamides is 1. The summed E-state index contributed by atoms with van der Waals surface area (Å²) >= 11 is 7.96. The SMILES string of the molecule is COc1ccc(N(CC(=O)NCCSCc2cccc(C)c2)S(=O)(=O)c2ccc(C)cc2)cc1Cl. The zero-order chi connectivity index (χ0) is 25.4. The minimum absolute atomic E-state index is 0.0940. The molecular formula is C26H29ClN2O4S2. The molecule has 0 bridgehead atoms. The summed E-state index contributed by atoms with van der Waals surface area (Å²) in [6, 6.07) is 19.4. The van der Waals surface area contributed by atoms with Crippen molar-refractivity contribution in [3.05, 3.63) is 88.4 Å². The zero-order valence-electron chi connectivity index (χ0n) is 20.0. The van der Waals surface area contributed by atoms with Crippen molar-refractivity contribution in [3.8, 4) is 5.75 Å². The van der Waals surface area contributed by atoms with E-state index in [-0.39, 0.29) is 22.2 Å². The van der Waals surface area contributed by atoms with Gasteiger partial charge in [-0.15, -0.1) is 0 Å². The van der Waals surface area contributed by atoms with Crippen LogP contribution in [0, 0.1) is 13.8 Å². The molecule has 35 heavy (non-hydrogen) atoms. The second kappa shape index (κ2) is 12.3. The quantitative estimate of drug-likeness (QED) is 0.343. The lowest BCUT2D eigenvalue weighted by Gasteiger charge is -2.24. The molecule has 3 aromatic carbocycles. The fourth-order valence-electron chi connectivity index (χ4n) is 3.40. The molecule has 0 fully saturated rings. The lowest BCUT2D eigenvalue weighted by atomic mass is 10.2. The van der Waals surface area contributed by atoms with Gasteiger partial charge in [0.15, 0.2) is 0 Å². The Kier molecular flexibility index (Phi) is 9.48. The summed E-state index contributed by atoms with van der Waals surface area (Å²) in [6.45, 7) is 3.99. The third kappa shape index (κ3) is 7.40. The molecule has 9 heteroatoms. The minimum atomic E-state index is -4.01. The first-order valence-corrected chi connectivity index (χ1v) is 14.0. The third-order valence-electron chi connectivity index (χ3n) is 5.24. The molecule has 0 spiro atoms. The van der Waals surface area contributed by atoms with Gasteiger partial charge >= 0.3 is 0 Å². The Balaban J connectivity index is 1.69. The van der Waals surface area contributed by atoms with Crippen LogP contribution in [0.5, 0.6) is 5.75 Å². The van der Waals surface area contributed by atoms with Crippen LogP contribution in [0.25, 0.3) is 0 Å². The van der Waals surface area contributed by atoms with Crippen LogP contribution in [0.2, 0.25) is 5.02 Å². The highest BCUT2D eigenvalue weighted by molar-refractivity contribution is 7.98. The van der Waals surface area contributed by atoms with Crippen molar-refractivity contribution in [2.75, 3.05) is 30.3 Å². The molecule has 0 aliphatic heterocycles. The molecule has 0 saturated heterocycles. The smallest absolute Gasteiger partial charge is 0.264 e. The first-order chi connectivity index (χ1) is 16.7. The minimum Gasteiger partial charge on any atom is -0.495 e. The molecule has 0 aromatic heterocycles. The highest BCUT2D eigenvalue weighted by Gasteiger charge is 2.27. The molecule has 6 nitrogen and oxygen atoms in total.